The predicted octanol–water partition coefficient (Wildman–Crippen LogP) is 3.45. The Morgan fingerprint density at radius 1 is 0.933 bits per heavy atom. The first kappa shape index (κ1) is 14.2. The van der Waals surface area contributed by atoms with E-state index in [0.29, 0.717) is 13.2 Å². The number of ether oxygens (including phenoxy) is 1. The summed E-state index contributed by atoms with van der Waals surface area (Å²) in [5.74, 6) is 0. The zero-order valence-electron chi connectivity index (χ0n) is 9.79. The molecule has 0 aliphatic rings. The molecule has 0 aromatic carbocycles. The van der Waals surface area contributed by atoms with Gasteiger partial charge in [-0.15, -0.1) is 0 Å². The smallest absolute Gasteiger partial charge is 0.432 e. The van der Waals surface area contributed by atoms with Crippen molar-refractivity contribution in [1.82, 2.24) is 0 Å². The van der Waals surface area contributed by atoms with Gasteiger partial charge >= 0.3 is 6.16 Å². The molecule has 4 heteroatoms. The van der Waals surface area contributed by atoms with Crippen LogP contribution in [0, 0.1) is 0 Å². The molecule has 0 bridgehead atoms. The molecular weight excluding hydrogens is 196 g/mol. The average Bonchev–Trinajstić information content (AvgIpc) is 2.24. The normalized spacial score (nSPS) is 10.0. The van der Waals surface area contributed by atoms with Gasteiger partial charge in [-0.1, -0.05) is 39.5 Å². The lowest BCUT2D eigenvalue weighted by molar-refractivity contribution is -0.255. The second kappa shape index (κ2) is 11.3. The van der Waals surface area contributed by atoms with Crippen LogP contribution in [0.15, 0.2) is 0 Å². The van der Waals surface area contributed by atoms with Crippen LogP contribution in [-0.2, 0) is 14.5 Å². The van der Waals surface area contributed by atoms with Gasteiger partial charge in [-0.2, -0.15) is 4.89 Å². The van der Waals surface area contributed by atoms with E-state index in [1.807, 2.05) is 0 Å². The molecule has 0 atom stereocenters. The zero-order valence-corrected chi connectivity index (χ0v) is 9.79. The van der Waals surface area contributed by atoms with Crippen LogP contribution in [-0.4, -0.2) is 19.4 Å². The van der Waals surface area contributed by atoms with Gasteiger partial charge in [-0.05, 0) is 12.8 Å². The van der Waals surface area contributed by atoms with Crippen LogP contribution in [0.1, 0.15) is 52.4 Å². The first-order valence-electron chi connectivity index (χ1n) is 5.77. The van der Waals surface area contributed by atoms with E-state index in [1.54, 1.807) is 0 Å². The summed E-state index contributed by atoms with van der Waals surface area (Å²) in [4.78, 5) is 20.0. The second-order valence-corrected chi connectivity index (χ2v) is 3.42. The quantitative estimate of drug-likeness (QED) is 0.257. The monoisotopic (exact) mass is 218 g/mol. The summed E-state index contributed by atoms with van der Waals surface area (Å²) in [6.07, 6.45) is 5.40. The van der Waals surface area contributed by atoms with Gasteiger partial charge in [0.05, 0.1) is 13.2 Å². The minimum atomic E-state index is -0.734. The Bertz CT molecular complexity index is 148. The van der Waals surface area contributed by atoms with Gasteiger partial charge in [0, 0.05) is 0 Å². The molecule has 0 amide bonds. The van der Waals surface area contributed by atoms with Crippen molar-refractivity contribution in [3.63, 3.8) is 0 Å². The summed E-state index contributed by atoms with van der Waals surface area (Å²) in [5, 5.41) is 0. The van der Waals surface area contributed by atoms with Gasteiger partial charge in [-0.3, -0.25) is 4.89 Å². The van der Waals surface area contributed by atoms with Crippen LogP contribution >= 0.6 is 0 Å². The van der Waals surface area contributed by atoms with Crippen molar-refractivity contribution < 1.29 is 19.3 Å². The molecule has 0 aromatic rings. The van der Waals surface area contributed by atoms with E-state index in [1.165, 1.54) is 0 Å². The summed E-state index contributed by atoms with van der Waals surface area (Å²) in [6, 6.07) is 0. The van der Waals surface area contributed by atoms with Crippen molar-refractivity contribution in [3.8, 4) is 0 Å². The molecule has 0 rings (SSSR count). The van der Waals surface area contributed by atoms with Crippen LogP contribution in [0.5, 0.6) is 0 Å². The van der Waals surface area contributed by atoms with E-state index in [0.717, 1.165) is 38.5 Å². The lowest BCUT2D eigenvalue weighted by Gasteiger charge is -2.04. The maximum Gasteiger partial charge on any atom is 0.540 e. The van der Waals surface area contributed by atoms with Gasteiger partial charge in [0.15, 0.2) is 0 Å². The number of carbonyl (C=O) groups is 1. The van der Waals surface area contributed by atoms with Crippen LogP contribution in [0.25, 0.3) is 0 Å². The first-order valence-corrected chi connectivity index (χ1v) is 5.77. The standard InChI is InChI=1S/C11H22O4/c1-3-5-7-9-13-11(12)15-14-10-8-6-4-2/h3-10H2,1-2H3. The summed E-state index contributed by atoms with van der Waals surface area (Å²) in [7, 11) is 0. The molecule has 0 spiro atoms. The Morgan fingerprint density at radius 3 is 2.13 bits per heavy atom. The van der Waals surface area contributed by atoms with Crippen molar-refractivity contribution in [1.29, 1.82) is 0 Å². The van der Waals surface area contributed by atoms with Gasteiger partial charge in [-0.25, -0.2) is 4.79 Å². The highest BCUT2D eigenvalue weighted by atomic mass is 17.2. The molecule has 0 fully saturated rings. The molecule has 0 saturated heterocycles. The number of rotatable bonds is 9. The Hall–Kier alpha value is -0.770. The largest absolute Gasteiger partial charge is 0.540 e. The molecule has 0 N–H and O–H groups in total. The van der Waals surface area contributed by atoms with Crippen LogP contribution in [0.4, 0.5) is 4.79 Å². The highest BCUT2D eigenvalue weighted by molar-refractivity contribution is 5.58. The lowest BCUT2D eigenvalue weighted by atomic mass is 10.3. The Kier molecular flexibility index (Phi) is 10.7. The summed E-state index contributed by atoms with van der Waals surface area (Å²) < 4.78 is 4.76. The molecule has 0 saturated carbocycles. The molecule has 90 valence electrons. The minimum Gasteiger partial charge on any atom is -0.432 e. The SMILES string of the molecule is CCCCCOOC(=O)OCCCCC. The van der Waals surface area contributed by atoms with Gasteiger partial charge < -0.3 is 4.74 Å². The molecule has 0 aliphatic heterocycles. The molecular formula is C11H22O4. The van der Waals surface area contributed by atoms with Crippen molar-refractivity contribution >= 4 is 6.16 Å². The van der Waals surface area contributed by atoms with Crippen molar-refractivity contribution in [2.75, 3.05) is 13.2 Å². The van der Waals surface area contributed by atoms with E-state index in [2.05, 4.69) is 23.6 Å². The molecule has 0 radical (unpaired) electrons. The molecule has 0 unspecified atom stereocenters. The molecule has 4 nitrogen and oxygen atoms in total. The van der Waals surface area contributed by atoms with Crippen molar-refractivity contribution in [2.24, 2.45) is 0 Å². The number of hydrogen-bond acceptors (Lipinski definition) is 4. The third-order valence-corrected chi connectivity index (χ3v) is 1.93. The predicted molar refractivity (Wildman–Crippen MR) is 57.4 cm³/mol. The highest BCUT2D eigenvalue weighted by Crippen LogP contribution is 1.98. The topological polar surface area (TPSA) is 44.8 Å². The maximum absolute atomic E-state index is 10.9. The van der Waals surface area contributed by atoms with Gasteiger partial charge in [0.2, 0.25) is 0 Å². The van der Waals surface area contributed by atoms with Crippen LogP contribution in [0.3, 0.4) is 0 Å². The fourth-order valence-electron chi connectivity index (χ4n) is 1.03. The summed E-state index contributed by atoms with van der Waals surface area (Å²) >= 11 is 0. The number of unbranched alkanes of at least 4 members (excludes halogenated alkanes) is 4. The lowest BCUT2D eigenvalue weighted by Crippen LogP contribution is -2.09. The summed E-state index contributed by atoms with van der Waals surface area (Å²) in [6.45, 7) is 5.04. The fourth-order valence-corrected chi connectivity index (χ4v) is 1.03. The second-order valence-electron chi connectivity index (χ2n) is 3.42. The third-order valence-electron chi connectivity index (χ3n) is 1.93. The third kappa shape index (κ3) is 11.2. The number of hydrogen-bond donors (Lipinski definition) is 0. The highest BCUT2D eigenvalue weighted by Gasteiger charge is 2.03. The molecule has 15 heavy (non-hydrogen) atoms. The van der Waals surface area contributed by atoms with E-state index in [4.69, 9.17) is 4.74 Å². The average molecular weight is 218 g/mol. The fraction of sp³-hybridized carbons (Fsp3) is 0.909. The number of carbonyl (C=O) groups excluding carboxylic acids is 1. The molecule has 0 aromatic heterocycles. The van der Waals surface area contributed by atoms with E-state index in [9.17, 15) is 4.79 Å². The van der Waals surface area contributed by atoms with Crippen molar-refractivity contribution in [2.45, 2.75) is 52.4 Å². The van der Waals surface area contributed by atoms with Crippen molar-refractivity contribution in [3.05, 3.63) is 0 Å². The summed E-state index contributed by atoms with van der Waals surface area (Å²) in [5.41, 5.74) is 0. The van der Waals surface area contributed by atoms with Gasteiger partial charge in [0.25, 0.3) is 0 Å². The van der Waals surface area contributed by atoms with Crippen LogP contribution in [0.2, 0.25) is 0 Å². The molecule has 0 heterocycles. The van der Waals surface area contributed by atoms with E-state index >= 15 is 0 Å². The van der Waals surface area contributed by atoms with E-state index in [-0.39, 0.29) is 0 Å². The van der Waals surface area contributed by atoms with Crippen LogP contribution < -0.4 is 0 Å². The van der Waals surface area contributed by atoms with E-state index < -0.39 is 6.16 Å². The Morgan fingerprint density at radius 2 is 1.53 bits per heavy atom. The zero-order chi connectivity index (χ0) is 11.4. The van der Waals surface area contributed by atoms with Gasteiger partial charge in [0.1, 0.15) is 0 Å². The maximum atomic E-state index is 10.9. The minimum absolute atomic E-state index is 0.408. The Labute approximate surface area is 91.8 Å². The molecule has 0 aliphatic carbocycles. The Balaban J connectivity index is 3.11. The first-order chi connectivity index (χ1) is 7.31.